The molecule has 0 aliphatic carbocycles. The predicted molar refractivity (Wildman–Crippen MR) is 78.3 cm³/mol. The Kier molecular flexibility index (Phi) is 4.83. The fourth-order valence-electron chi connectivity index (χ4n) is 1.85. The molecule has 114 valence electrons. The normalized spacial score (nSPS) is 10.1. The molecule has 22 heavy (non-hydrogen) atoms. The molecule has 2 amide bonds. The first-order valence-corrected chi connectivity index (χ1v) is 6.55. The van der Waals surface area contributed by atoms with E-state index in [1.165, 1.54) is 13.0 Å². The molecule has 0 aromatic heterocycles. The van der Waals surface area contributed by atoms with E-state index in [1.807, 2.05) is 0 Å². The molecule has 2 N–H and O–H groups in total. The third-order valence-electron chi connectivity index (χ3n) is 2.92. The quantitative estimate of drug-likeness (QED) is 0.912. The van der Waals surface area contributed by atoms with Gasteiger partial charge in [-0.1, -0.05) is 6.07 Å². The number of carbonyl (C=O) groups excluding carboxylic acids is 2. The van der Waals surface area contributed by atoms with Crippen molar-refractivity contribution in [3.05, 3.63) is 65.2 Å². The Bertz CT molecular complexity index is 700. The minimum Gasteiger partial charge on any atom is -0.348 e. The van der Waals surface area contributed by atoms with Crippen LogP contribution in [-0.2, 0) is 11.3 Å². The molecule has 0 fully saturated rings. The van der Waals surface area contributed by atoms with Gasteiger partial charge in [-0.25, -0.2) is 8.78 Å². The van der Waals surface area contributed by atoms with E-state index in [9.17, 15) is 18.4 Å². The maximum Gasteiger partial charge on any atom is 0.251 e. The number of anilines is 1. The topological polar surface area (TPSA) is 58.2 Å². The van der Waals surface area contributed by atoms with Crippen LogP contribution in [0.2, 0.25) is 0 Å². The molecule has 0 saturated carbocycles. The van der Waals surface area contributed by atoms with Gasteiger partial charge in [0, 0.05) is 36.3 Å². The number of hydrogen-bond donors (Lipinski definition) is 2. The zero-order chi connectivity index (χ0) is 16.1. The first-order chi connectivity index (χ1) is 10.5. The number of halogens is 2. The Morgan fingerprint density at radius 3 is 2.32 bits per heavy atom. The van der Waals surface area contributed by atoms with Gasteiger partial charge in [-0.15, -0.1) is 0 Å². The molecule has 0 unspecified atom stereocenters. The predicted octanol–water partition coefficient (Wildman–Crippen LogP) is 2.85. The second kappa shape index (κ2) is 6.80. The summed E-state index contributed by atoms with van der Waals surface area (Å²) in [5.74, 6) is -1.97. The first-order valence-electron chi connectivity index (χ1n) is 6.55. The summed E-state index contributed by atoms with van der Waals surface area (Å²) >= 11 is 0. The number of benzene rings is 2. The lowest BCUT2D eigenvalue weighted by Crippen LogP contribution is -2.23. The number of amides is 2. The first kappa shape index (κ1) is 15.6. The van der Waals surface area contributed by atoms with Crippen molar-refractivity contribution in [2.24, 2.45) is 0 Å². The van der Waals surface area contributed by atoms with E-state index in [1.54, 1.807) is 24.3 Å². The summed E-state index contributed by atoms with van der Waals surface area (Å²) in [5.41, 5.74) is 1.15. The van der Waals surface area contributed by atoms with Crippen LogP contribution in [0.25, 0.3) is 0 Å². The summed E-state index contributed by atoms with van der Waals surface area (Å²) in [4.78, 5) is 22.8. The van der Waals surface area contributed by atoms with Crippen molar-refractivity contribution < 1.29 is 18.4 Å². The van der Waals surface area contributed by atoms with Crippen molar-refractivity contribution in [2.45, 2.75) is 13.5 Å². The van der Waals surface area contributed by atoms with E-state index in [0.717, 1.165) is 12.1 Å². The van der Waals surface area contributed by atoms with Crippen molar-refractivity contribution in [3.63, 3.8) is 0 Å². The van der Waals surface area contributed by atoms with Gasteiger partial charge in [0.2, 0.25) is 5.91 Å². The third-order valence-corrected chi connectivity index (χ3v) is 2.92. The summed E-state index contributed by atoms with van der Waals surface area (Å²) in [6.07, 6.45) is 0. The Balaban J connectivity index is 1.98. The SMILES string of the molecule is CC(=O)Nc1ccc(C(=O)NCc2ccc(F)cc2F)cc1. The molecule has 2 aromatic carbocycles. The van der Waals surface area contributed by atoms with Gasteiger partial charge in [-0.2, -0.15) is 0 Å². The molecule has 0 radical (unpaired) electrons. The second-order valence-electron chi connectivity index (χ2n) is 4.68. The van der Waals surface area contributed by atoms with E-state index in [2.05, 4.69) is 10.6 Å². The minimum atomic E-state index is -0.707. The smallest absolute Gasteiger partial charge is 0.251 e. The van der Waals surface area contributed by atoms with Gasteiger partial charge in [-0.05, 0) is 30.3 Å². The van der Waals surface area contributed by atoms with Gasteiger partial charge < -0.3 is 10.6 Å². The molecule has 6 heteroatoms. The monoisotopic (exact) mass is 304 g/mol. The Morgan fingerprint density at radius 1 is 1.05 bits per heavy atom. The van der Waals surface area contributed by atoms with E-state index in [0.29, 0.717) is 11.3 Å². The van der Waals surface area contributed by atoms with Gasteiger partial charge in [-0.3, -0.25) is 9.59 Å². The lowest BCUT2D eigenvalue weighted by atomic mass is 10.1. The molecular formula is C16H14F2N2O2. The van der Waals surface area contributed by atoms with Crippen LogP contribution < -0.4 is 10.6 Å². The lowest BCUT2D eigenvalue weighted by Gasteiger charge is -2.07. The molecule has 0 aliphatic heterocycles. The summed E-state index contributed by atoms with van der Waals surface area (Å²) in [5, 5.41) is 5.13. The van der Waals surface area contributed by atoms with Crippen molar-refractivity contribution in [3.8, 4) is 0 Å². The number of nitrogens with one attached hydrogen (secondary N) is 2. The maximum absolute atomic E-state index is 13.4. The average Bonchev–Trinajstić information content (AvgIpc) is 2.46. The molecular weight excluding hydrogens is 290 g/mol. The number of carbonyl (C=O) groups is 2. The van der Waals surface area contributed by atoms with Crippen molar-refractivity contribution in [2.75, 3.05) is 5.32 Å². The summed E-state index contributed by atoms with van der Waals surface area (Å²) in [6, 6.07) is 9.45. The maximum atomic E-state index is 13.4. The van der Waals surface area contributed by atoms with Crippen LogP contribution in [0.3, 0.4) is 0 Å². The fourth-order valence-corrected chi connectivity index (χ4v) is 1.85. The van der Waals surface area contributed by atoms with Crippen LogP contribution in [0.1, 0.15) is 22.8 Å². The van der Waals surface area contributed by atoms with Crippen LogP contribution >= 0.6 is 0 Å². The summed E-state index contributed by atoms with van der Waals surface area (Å²) < 4.78 is 26.2. The molecule has 0 aliphatic rings. The summed E-state index contributed by atoms with van der Waals surface area (Å²) in [6.45, 7) is 1.34. The van der Waals surface area contributed by atoms with E-state index in [-0.39, 0.29) is 18.0 Å². The fraction of sp³-hybridized carbons (Fsp3) is 0.125. The highest BCUT2D eigenvalue weighted by Crippen LogP contribution is 2.11. The highest BCUT2D eigenvalue weighted by atomic mass is 19.1. The molecule has 2 aromatic rings. The van der Waals surface area contributed by atoms with Gasteiger partial charge in [0.15, 0.2) is 0 Å². The standard InChI is InChI=1S/C16H14F2N2O2/c1-10(21)20-14-6-3-11(4-7-14)16(22)19-9-12-2-5-13(17)8-15(12)18/h2-8H,9H2,1H3,(H,19,22)(H,20,21). The van der Waals surface area contributed by atoms with Crippen LogP contribution in [0.5, 0.6) is 0 Å². The molecule has 0 saturated heterocycles. The molecule has 2 rings (SSSR count). The zero-order valence-corrected chi connectivity index (χ0v) is 11.8. The highest BCUT2D eigenvalue weighted by molar-refractivity contribution is 5.95. The summed E-state index contributed by atoms with van der Waals surface area (Å²) in [7, 11) is 0. The number of hydrogen-bond acceptors (Lipinski definition) is 2. The van der Waals surface area contributed by atoms with Gasteiger partial charge >= 0.3 is 0 Å². The molecule has 0 atom stereocenters. The van der Waals surface area contributed by atoms with Gasteiger partial charge in [0.1, 0.15) is 11.6 Å². The van der Waals surface area contributed by atoms with Gasteiger partial charge in [0.05, 0.1) is 0 Å². The van der Waals surface area contributed by atoms with Crippen LogP contribution in [0.4, 0.5) is 14.5 Å². The van der Waals surface area contributed by atoms with Crippen LogP contribution in [-0.4, -0.2) is 11.8 Å². The molecule has 0 heterocycles. The average molecular weight is 304 g/mol. The largest absolute Gasteiger partial charge is 0.348 e. The number of rotatable bonds is 4. The Morgan fingerprint density at radius 2 is 1.73 bits per heavy atom. The molecule has 0 bridgehead atoms. The lowest BCUT2D eigenvalue weighted by molar-refractivity contribution is -0.114. The third kappa shape index (κ3) is 4.12. The highest BCUT2D eigenvalue weighted by Gasteiger charge is 2.08. The zero-order valence-electron chi connectivity index (χ0n) is 11.8. The van der Waals surface area contributed by atoms with E-state index in [4.69, 9.17) is 0 Å². The van der Waals surface area contributed by atoms with Crippen LogP contribution in [0.15, 0.2) is 42.5 Å². The van der Waals surface area contributed by atoms with Gasteiger partial charge in [0.25, 0.3) is 5.91 Å². The second-order valence-corrected chi connectivity index (χ2v) is 4.68. The van der Waals surface area contributed by atoms with Crippen molar-refractivity contribution in [1.29, 1.82) is 0 Å². The molecule has 0 spiro atoms. The minimum absolute atomic E-state index is 0.0433. The van der Waals surface area contributed by atoms with E-state index >= 15 is 0 Å². The Labute approximate surface area is 126 Å². The Hall–Kier alpha value is -2.76. The van der Waals surface area contributed by atoms with Crippen LogP contribution in [0, 0.1) is 11.6 Å². The van der Waals surface area contributed by atoms with Crippen molar-refractivity contribution >= 4 is 17.5 Å². The van der Waals surface area contributed by atoms with Crippen molar-refractivity contribution in [1.82, 2.24) is 5.32 Å². The van der Waals surface area contributed by atoms with E-state index < -0.39 is 17.5 Å². The molecule has 4 nitrogen and oxygen atoms in total.